The van der Waals surface area contributed by atoms with Crippen LogP contribution in [0, 0.1) is 11.8 Å². The highest BCUT2D eigenvalue weighted by molar-refractivity contribution is 5.53. The molecule has 0 N–H and O–H groups in total. The van der Waals surface area contributed by atoms with Gasteiger partial charge in [0.15, 0.2) is 0 Å². The summed E-state index contributed by atoms with van der Waals surface area (Å²) in [7, 11) is 0. The third-order valence-electron chi connectivity index (χ3n) is 2.74. The Bertz CT molecular complexity index is 129. The molecule has 1 atom stereocenters. The van der Waals surface area contributed by atoms with E-state index in [1.165, 1.54) is 32.1 Å². The van der Waals surface area contributed by atoms with Crippen LogP contribution < -0.4 is 0 Å². The molecule has 0 saturated heterocycles. The van der Waals surface area contributed by atoms with Crippen LogP contribution in [-0.4, -0.2) is 6.29 Å². The summed E-state index contributed by atoms with van der Waals surface area (Å²) in [5, 5.41) is 0. The Balaban J connectivity index is 3.43. The summed E-state index contributed by atoms with van der Waals surface area (Å²) in [6.07, 6.45) is 9.67. The fourth-order valence-corrected chi connectivity index (χ4v) is 1.66. The molecule has 0 bridgehead atoms. The summed E-state index contributed by atoms with van der Waals surface area (Å²) in [6, 6.07) is 0. The highest BCUT2D eigenvalue weighted by Gasteiger charge is 2.07. The summed E-state index contributed by atoms with van der Waals surface area (Å²) in [5.41, 5.74) is 0. The van der Waals surface area contributed by atoms with Crippen LogP contribution in [0.4, 0.5) is 0 Å². The van der Waals surface area contributed by atoms with Gasteiger partial charge in [-0.05, 0) is 18.8 Å². The number of hydrogen-bond donors (Lipinski definition) is 0. The number of carbonyl (C=O) groups is 1. The van der Waals surface area contributed by atoms with Gasteiger partial charge in [-0.1, -0.05) is 52.9 Å². The van der Waals surface area contributed by atoms with E-state index in [4.69, 9.17) is 0 Å². The zero-order chi connectivity index (χ0) is 10.8. The minimum Gasteiger partial charge on any atom is -0.303 e. The standard InChI is InChI=1S/C13H26O/c1-4-5-6-7-8-13(11-14)10-9-12(2)3/h11-13H,4-10H2,1-3H3. The lowest BCUT2D eigenvalue weighted by atomic mass is 9.94. The maximum Gasteiger partial charge on any atom is 0.123 e. The fraction of sp³-hybridized carbons (Fsp3) is 0.923. The molecule has 0 fully saturated rings. The molecule has 0 aromatic rings. The average Bonchev–Trinajstić information content (AvgIpc) is 2.16. The van der Waals surface area contributed by atoms with Gasteiger partial charge >= 0.3 is 0 Å². The molecule has 0 aromatic heterocycles. The number of rotatable bonds is 9. The molecule has 0 aliphatic carbocycles. The molecule has 0 spiro atoms. The van der Waals surface area contributed by atoms with Gasteiger partial charge < -0.3 is 4.79 Å². The molecule has 84 valence electrons. The van der Waals surface area contributed by atoms with Crippen molar-refractivity contribution in [2.24, 2.45) is 11.8 Å². The quantitative estimate of drug-likeness (QED) is 0.400. The molecule has 0 saturated carbocycles. The van der Waals surface area contributed by atoms with Crippen molar-refractivity contribution in [1.29, 1.82) is 0 Å². The maximum absolute atomic E-state index is 10.8. The van der Waals surface area contributed by atoms with Crippen LogP contribution in [0.3, 0.4) is 0 Å². The molecular formula is C13H26O. The second-order valence-electron chi connectivity index (χ2n) is 4.72. The summed E-state index contributed by atoms with van der Waals surface area (Å²) < 4.78 is 0. The van der Waals surface area contributed by atoms with Crippen LogP contribution in [0.2, 0.25) is 0 Å². The molecule has 0 aliphatic rings. The highest BCUT2D eigenvalue weighted by Crippen LogP contribution is 2.17. The lowest BCUT2D eigenvalue weighted by Gasteiger charge is -2.11. The topological polar surface area (TPSA) is 17.1 Å². The predicted octanol–water partition coefficient (Wildman–Crippen LogP) is 4.21. The number of carbonyl (C=O) groups excluding carboxylic acids is 1. The summed E-state index contributed by atoms with van der Waals surface area (Å²) >= 11 is 0. The first-order chi connectivity index (χ1) is 6.70. The van der Waals surface area contributed by atoms with Crippen molar-refractivity contribution in [3.05, 3.63) is 0 Å². The Morgan fingerprint density at radius 1 is 1.00 bits per heavy atom. The Kier molecular flexibility index (Phi) is 9.02. The maximum atomic E-state index is 10.8. The normalized spacial score (nSPS) is 13.1. The third-order valence-corrected chi connectivity index (χ3v) is 2.74. The summed E-state index contributed by atoms with van der Waals surface area (Å²) in [5.74, 6) is 1.06. The van der Waals surface area contributed by atoms with Crippen LogP contribution in [0.1, 0.15) is 65.7 Å². The third kappa shape index (κ3) is 8.28. The molecule has 1 unspecified atom stereocenters. The largest absolute Gasteiger partial charge is 0.303 e. The Labute approximate surface area is 89.3 Å². The summed E-state index contributed by atoms with van der Waals surface area (Å²) in [4.78, 5) is 10.8. The first-order valence-electron chi connectivity index (χ1n) is 6.16. The minimum absolute atomic E-state index is 0.328. The number of aldehydes is 1. The zero-order valence-electron chi connectivity index (χ0n) is 10.1. The van der Waals surface area contributed by atoms with Crippen molar-refractivity contribution in [3.63, 3.8) is 0 Å². The van der Waals surface area contributed by atoms with E-state index in [0.29, 0.717) is 5.92 Å². The van der Waals surface area contributed by atoms with Gasteiger partial charge in [0.25, 0.3) is 0 Å². The van der Waals surface area contributed by atoms with Crippen LogP contribution in [0.5, 0.6) is 0 Å². The van der Waals surface area contributed by atoms with E-state index in [1.54, 1.807) is 0 Å². The van der Waals surface area contributed by atoms with Crippen LogP contribution in [0.25, 0.3) is 0 Å². The first-order valence-corrected chi connectivity index (χ1v) is 6.16. The molecule has 1 nitrogen and oxygen atoms in total. The lowest BCUT2D eigenvalue weighted by Crippen LogP contribution is -2.04. The Morgan fingerprint density at radius 3 is 2.21 bits per heavy atom. The second-order valence-corrected chi connectivity index (χ2v) is 4.72. The molecule has 0 amide bonds. The van der Waals surface area contributed by atoms with E-state index in [-0.39, 0.29) is 0 Å². The predicted molar refractivity (Wildman–Crippen MR) is 62.4 cm³/mol. The first kappa shape index (κ1) is 13.7. The summed E-state index contributed by atoms with van der Waals surface area (Å²) in [6.45, 7) is 6.66. The molecule has 0 aromatic carbocycles. The fourth-order valence-electron chi connectivity index (χ4n) is 1.66. The van der Waals surface area contributed by atoms with E-state index in [9.17, 15) is 4.79 Å². The van der Waals surface area contributed by atoms with Crippen molar-refractivity contribution in [3.8, 4) is 0 Å². The zero-order valence-corrected chi connectivity index (χ0v) is 10.1. The van der Waals surface area contributed by atoms with Crippen LogP contribution in [-0.2, 0) is 4.79 Å². The van der Waals surface area contributed by atoms with Crippen molar-refractivity contribution < 1.29 is 4.79 Å². The van der Waals surface area contributed by atoms with Gasteiger partial charge in [-0.2, -0.15) is 0 Å². The lowest BCUT2D eigenvalue weighted by molar-refractivity contribution is -0.111. The highest BCUT2D eigenvalue weighted by atomic mass is 16.1. The van der Waals surface area contributed by atoms with Gasteiger partial charge in [0.05, 0.1) is 0 Å². The van der Waals surface area contributed by atoms with Crippen molar-refractivity contribution in [1.82, 2.24) is 0 Å². The molecule has 0 radical (unpaired) electrons. The van der Waals surface area contributed by atoms with E-state index < -0.39 is 0 Å². The second kappa shape index (κ2) is 9.23. The van der Waals surface area contributed by atoms with Gasteiger partial charge in [0.1, 0.15) is 6.29 Å². The Morgan fingerprint density at radius 2 is 1.71 bits per heavy atom. The van der Waals surface area contributed by atoms with Gasteiger partial charge in [-0.3, -0.25) is 0 Å². The van der Waals surface area contributed by atoms with Gasteiger partial charge in [-0.15, -0.1) is 0 Å². The van der Waals surface area contributed by atoms with Crippen molar-refractivity contribution in [2.75, 3.05) is 0 Å². The molecule has 0 heterocycles. The van der Waals surface area contributed by atoms with Crippen LogP contribution in [0.15, 0.2) is 0 Å². The number of unbranched alkanes of at least 4 members (excludes halogenated alkanes) is 3. The SMILES string of the molecule is CCCCCCC(C=O)CCC(C)C. The number of hydrogen-bond acceptors (Lipinski definition) is 1. The van der Waals surface area contributed by atoms with E-state index in [2.05, 4.69) is 20.8 Å². The van der Waals surface area contributed by atoms with E-state index >= 15 is 0 Å². The monoisotopic (exact) mass is 198 g/mol. The molecular weight excluding hydrogens is 172 g/mol. The minimum atomic E-state index is 0.328. The van der Waals surface area contributed by atoms with E-state index in [0.717, 1.165) is 25.0 Å². The van der Waals surface area contributed by atoms with Crippen molar-refractivity contribution >= 4 is 6.29 Å². The Hall–Kier alpha value is -0.330. The smallest absolute Gasteiger partial charge is 0.123 e. The van der Waals surface area contributed by atoms with E-state index in [1.807, 2.05) is 0 Å². The van der Waals surface area contributed by atoms with Gasteiger partial charge in [-0.25, -0.2) is 0 Å². The molecule has 1 heteroatoms. The molecule has 0 aliphatic heterocycles. The molecule has 0 rings (SSSR count). The van der Waals surface area contributed by atoms with Gasteiger partial charge in [0, 0.05) is 5.92 Å². The average molecular weight is 198 g/mol. The van der Waals surface area contributed by atoms with Crippen LogP contribution >= 0.6 is 0 Å². The van der Waals surface area contributed by atoms with Gasteiger partial charge in [0.2, 0.25) is 0 Å². The molecule has 14 heavy (non-hydrogen) atoms. The van der Waals surface area contributed by atoms with Crippen molar-refractivity contribution in [2.45, 2.75) is 65.7 Å².